The lowest BCUT2D eigenvalue weighted by Crippen LogP contribution is -2.63. The number of nitrogens with one attached hydrogen (secondary N) is 2. The van der Waals surface area contributed by atoms with Crippen LogP contribution in [0.1, 0.15) is 54.2 Å². The number of halogens is 2. The Balaban J connectivity index is 1.22. The molecule has 0 bridgehead atoms. The third-order valence-electron chi connectivity index (χ3n) is 9.55. The van der Waals surface area contributed by atoms with E-state index in [1.165, 1.54) is 24.0 Å². The van der Waals surface area contributed by atoms with E-state index in [4.69, 9.17) is 9.79 Å². The molecule has 2 aromatic carbocycles. The van der Waals surface area contributed by atoms with Crippen molar-refractivity contribution in [2.75, 3.05) is 19.6 Å². The van der Waals surface area contributed by atoms with Gasteiger partial charge in [-0.1, -0.05) is 36.4 Å². The summed E-state index contributed by atoms with van der Waals surface area (Å²) in [6, 6.07) is 11.9. The van der Waals surface area contributed by atoms with E-state index in [-0.39, 0.29) is 47.0 Å². The molecule has 250 valence electrons. The third kappa shape index (κ3) is 6.29. The molecule has 12 nitrogen and oxygen atoms in total. The average Bonchev–Trinajstić information content (AvgIpc) is 3.63. The zero-order chi connectivity index (χ0) is 33.7. The molecule has 4 heterocycles. The Labute approximate surface area is 269 Å². The quantitative estimate of drug-likeness (QED) is 0.281. The van der Waals surface area contributed by atoms with E-state index in [2.05, 4.69) is 10.3 Å². The molecule has 0 radical (unpaired) electrons. The van der Waals surface area contributed by atoms with Crippen LogP contribution >= 0.6 is 7.60 Å². The van der Waals surface area contributed by atoms with Gasteiger partial charge < -0.3 is 34.8 Å². The highest BCUT2D eigenvalue weighted by Gasteiger charge is 2.51. The number of aromatic amines is 1. The molecule has 0 spiro atoms. The van der Waals surface area contributed by atoms with Crippen LogP contribution in [0.25, 0.3) is 10.9 Å². The van der Waals surface area contributed by atoms with Gasteiger partial charge in [0, 0.05) is 55.1 Å². The second kappa shape index (κ2) is 12.5. The topological polar surface area (TPSA) is 163 Å². The number of amides is 4. The molecule has 3 fully saturated rings. The summed E-state index contributed by atoms with van der Waals surface area (Å²) >= 11 is 0. The zero-order valence-corrected chi connectivity index (χ0v) is 26.5. The van der Waals surface area contributed by atoms with Crippen LogP contribution in [-0.2, 0) is 31.0 Å². The number of H-pyrrole nitrogens is 1. The summed E-state index contributed by atoms with van der Waals surface area (Å²) in [7, 11) is -5.80. The summed E-state index contributed by atoms with van der Waals surface area (Å²) in [4.78, 5) is 79.9. The standard InChI is InChI=1S/C32H36F2N5O7P/c1-19(40)37-13-11-23-8-10-28(31(43)38-14-12-24(38)15-20-5-3-2-4-6-20)39(23)30(42)27(18-37)36-29(41)26-17-21-16-22(7-9-25(21)35-26)32(33,34)47(44,45)46/h2-7,9,16-17,23-24,27-28,35H,8,10-15,18H2,1H3,(H,36,41)(H2,44,45,46)/t23-,24?,27?,28+/m1/s1. The van der Waals surface area contributed by atoms with E-state index in [1.54, 1.807) is 4.90 Å². The molecule has 3 aliphatic heterocycles. The molecule has 4 N–H and O–H groups in total. The molecule has 0 aliphatic carbocycles. The lowest BCUT2D eigenvalue weighted by Gasteiger charge is -2.45. The lowest BCUT2D eigenvalue weighted by molar-refractivity contribution is -0.152. The lowest BCUT2D eigenvalue weighted by atomic mass is 9.94. The summed E-state index contributed by atoms with van der Waals surface area (Å²) in [6.07, 6.45) is 3.11. The van der Waals surface area contributed by atoms with Crippen LogP contribution in [-0.4, -0.2) is 96.9 Å². The Bertz CT molecular complexity index is 1760. The number of alkyl halides is 2. The molecule has 1 aromatic heterocycles. The number of benzene rings is 2. The number of rotatable bonds is 7. The van der Waals surface area contributed by atoms with Crippen molar-refractivity contribution in [1.82, 2.24) is 25.0 Å². The van der Waals surface area contributed by atoms with Crippen molar-refractivity contribution in [3.05, 3.63) is 71.4 Å². The Morgan fingerprint density at radius 3 is 2.43 bits per heavy atom. The zero-order valence-electron chi connectivity index (χ0n) is 25.6. The van der Waals surface area contributed by atoms with Crippen molar-refractivity contribution < 1.29 is 42.3 Å². The molecule has 47 heavy (non-hydrogen) atoms. The van der Waals surface area contributed by atoms with Gasteiger partial charge in [-0.25, -0.2) is 0 Å². The predicted octanol–water partition coefficient (Wildman–Crippen LogP) is 2.95. The predicted molar refractivity (Wildman–Crippen MR) is 166 cm³/mol. The maximum atomic E-state index is 14.3. The smallest absolute Gasteiger partial charge is 0.351 e. The van der Waals surface area contributed by atoms with Gasteiger partial charge >= 0.3 is 13.3 Å². The molecule has 6 rings (SSSR count). The van der Waals surface area contributed by atoms with Gasteiger partial charge in [0.1, 0.15) is 17.8 Å². The Hall–Kier alpha value is -4.13. The van der Waals surface area contributed by atoms with Crippen LogP contribution in [0.3, 0.4) is 0 Å². The molecule has 15 heteroatoms. The van der Waals surface area contributed by atoms with Crippen LogP contribution in [0, 0.1) is 0 Å². The molecule has 3 aromatic rings. The van der Waals surface area contributed by atoms with Crippen LogP contribution in [0.5, 0.6) is 0 Å². The monoisotopic (exact) mass is 671 g/mol. The van der Waals surface area contributed by atoms with Crippen LogP contribution in [0.15, 0.2) is 54.6 Å². The van der Waals surface area contributed by atoms with Crippen LogP contribution < -0.4 is 5.32 Å². The normalized spacial score (nSPS) is 23.6. The van der Waals surface area contributed by atoms with Gasteiger partial charge in [-0.3, -0.25) is 23.7 Å². The van der Waals surface area contributed by atoms with Gasteiger partial charge in [0.15, 0.2) is 0 Å². The summed E-state index contributed by atoms with van der Waals surface area (Å²) in [6.45, 7) is 2.19. The van der Waals surface area contributed by atoms with Gasteiger partial charge in [-0.05, 0) is 55.9 Å². The van der Waals surface area contributed by atoms with E-state index >= 15 is 0 Å². The SMILES string of the molecule is CC(=O)N1CC[C@H]2CC[C@@H](C(=O)N3CCC3Cc3ccccc3)N2C(=O)C(NC(=O)c2cc3cc(C(F)(F)P(=O)(O)O)ccc3[nH]2)C1. The Morgan fingerprint density at radius 1 is 1.02 bits per heavy atom. The van der Waals surface area contributed by atoms with Gasteiger partial charge in [0.05, 0.1) is 0 Å². The van der Waals surface area contributed by atoms with Gasteiger partial charge in [-0.15, -0.1) is 0 Å². The van der Waals surface area contributed by atoms with Gasteiger partial charge in [0.2, 0.25) is 17.7 Å². The highest BCUT2D eigenvalue weighted by atomic mass is 31.2. The van der Waals surface area contributed by atoms with Crippen molar-refractivity contribution >= 4 is 42.1 Å². The highest BCUT2D eigenvalue weighted by Crippen LogP contribution is 2.59. The summed E-state index contributed by atoms with van der Waals surface area (Å²) in [5.74, 6) is -1.63. The van der Waals surface area contributed by atoms with Crippen molar-refractivity contribution in [3.63, 3.8) is 0 Å². The first-order valence-electron chi connectivity index (χ1n) is 15.5. The minimum Gasteiger partial charge on any atom is -0.351 e. The molecule has 4 atom stereocenters. The molecular formula is C32H36F2N5O7P. The summed E-state index contributed by atoms with van der Waals surface area (Å²) in [5.41, 5.74) is -4.06. The number of likely N-dealkylation sites (tertiary alicyclic amines) is 1. The molecule has 2 unspecified atom stereocenters. The summed E-state index contributed by atoms with van der Waals surface area (Å²) < 4.78 is 40.0. The molecule has 3 saturated heterocycles. The largest absolute Gasteiger partial charge is 0.399 e. The maximum Gasteiger partial charge on any atom is 0.399 e. The van der Waals surface area contributed by atoms with Gasteiger partial charge in [0.25, 0.3) is 5.91 Å². The van der Waals surface area contributed by atoms with Crippen LogP contribution in [0.2, 0.25) is 0 Å². The number of carbonyl (C=O) groups excluding carboxylic acids is 4. The van der Waals surface area contributed by atoms with Crippen molar-refractivity contribution in [1.29, 1.82) is 0 Å². The number of hydrogen-bond donors (Lipinski definition) is 4. The van der Waals surface area contributed by atoms with Crippen molar-refractivity contribution in [2.45, 2.75) is 68.9 Å². The Morgan fingerprint density at radius 2 is 1.77 bits per heavy atom. The fraction of sp³-hybridized carbons (Fsp3) is 0.438. The molecule has 3 aliphatic rings. The van der Waals surface area contributed by atoms with Gasteiger partial charge in [-0.2, -0.15) is 8.78 Å². The first-order valence-corrected chi connectivity index (χ1v) is 17.2. The first kappa shape index (κ1) is 32.8. The fourth-order valence-corrected chi connectivity index (χ4v) is 7.35. The minimum atomic E-state index is -5.80. The van der Waals surface area contributed by atoms with E-state index in [9.17, 15) is 32.5 Å². The van der Waals surface area contributed by atoms with E-state index in [0.29, 0.717) is 38.8 Å². The number of fused-ring (bicyclic) bond motifs is 2. The highest BCUT2D eigenvalue weighted by molar-refractivity contribution is 7.52. The van der Waals surface area contributed by atoms with E-state index in [1.807, 2.05) is 35.2 Å². The van der Waals surface area contributed by atoms with E-state index < -0.39 is 42.7 Å². The second-order valence-corrected chi connectivity index (χ2v) is 14.2. The molecule has 0 saturated carbocycles. The Kier molecular flexibility index (Phi) is 8.71. The average molecular weight is 672 g/mol. The number of carbonyl (C=O) groups is 4. The first-order chi connectivity index (χ1) is 22.2. The number of nitrogens with zero attached hydrogens (tertiary/aromatic N) is 3. The minimum absolute atomic E-state index is 0.0293. The third-order valence-corrected chi connectivity index (χ3v) is 10.5. The van der Waals surface area contributed by atoms with E-state index in [0.717, 1.165) is 24.1 Å². The maximum absolute atomic E-state index is 14.3. The van der Waals surface area contributed by atoms with Crippen molar-refractivity contribution in [3.8, 4) is 0 Å². The van der Waals surface area contributed by atoms with Crippen molar-refractivity contribution in [2.24, 2.45) is 0 Å². The second-order valence-electron chi connectivity index (χ2n) is 12.5. The number of aromatic nitrogens is 1. The molecule has 4 amide bonds. The fourth-order valence-electron chi connectivity index (χ4n) is 6.88. The molecular weight excluding hydrogens is 635 g/mol. The number of hydrogen-bond acceptors (Lipinski definition) is 5. The van der Waals surface area contributed by atoms with Crippen LogP contribution in [0.4, 0.5) is 8.78 Å². The summed E-state index contributed by atoms with van der Waals surface area (Å²) in [5, 5.41) is 2.78.